The Morgan fingerprint density at radius 2 is 1.86 bits per heavy atom. The van der Waals surface area contributed by atoms with Crippen LogP contribution in [0.15, 0.2) is 5.16 Å². The molecule has 2 N–H and O–H groups in total. The molecule has 0 aromatic heterocycles. The van der Waals surface area contributed by atoms with E-state index in [0.717, 1.165) is 25.9 Å². The number of ketones is 1. The van der Waals surface area contributed by atoms with Gasteiger partial charge in [0.1, 0.15) is 6.61 Å². The van der Waals surface area contributed by atoms with Gasteiger partial charge in [-0.3, -0.25) is 24.1 Å². The predicted molar refractivity (Wildman–Crippen MR) is 137 cm³/mol. The van der Waals surface area contributed by atoms with Gasteiger partial charge < -0.3 is 23.3 Å². The van der Waals surface area contributed by atoms with Crippen LogP contribution < -0.4 is 10.6 Å². The van der Waals surface area contributed by atoms with Gasteiger partial charge in [0.05, 0.1) is 30.9 Å². The third-order valence-electron chi connectivity index (χ3n) is 6.17. The summed E-state index contributed by atoms with van der Waals surface area (Å²) in [5.41, 5.74) is -0.779. The number of nitrogens with zero attached hydrogens (tertiary/aromatic N) is 2. The lowest BCUT2D eigenvalue weighted by Gasteiger charge is -2.26. The number of rotatable bonds is 14. The standard InChI is InChI=1S/C23H37IN4O7/c1-5-16(18(29)13-33-14-28-10-6-7-11-28)25-22(32)23(4)12-17(27-35-23)21(15(2)3)26-19(30)8-9-20(31)34-24/h15-16,21H,5-14H2,1-4H3,(H,25,32)(H,26,30)/t16-,21-,23?/m0/s1. The quantitative estimate of drug-likeness (QED) is 0.286. The second kappa shape index (κ2) is 14.1. The third kappa shape index (κ3) is 8.98. The maximum Gasteiger partial charge on any atom is 0.315 e. The maximum absolute atomic E-state index is 13.0. The van der Waals surface area contributed by atoms with Gasteiger partial charge in [-0.25, -0.2) is 0 Å². The molecule has 35 heavy (non-hydrogen) atoms. The van der Waals surface area contributed by atoms with E-state index >= 15 is 0 Å². The zero-order valence-electron chi connectivity index (χ0n) is 20.9. The lowest BCUT2D eigenvalue weighted by Crippen LogP contribution is -2.52. The second-order valence-electron chi connectivity index (χ2n) is 9.52. The van der Waals surface area contributed by atoms with Crippen LogP contribution >= 0.6 is 23.0 Å². The first kappa shape index (κ1) is 29.4. The highest BCUT2D eigenvalue weighted by atomic mass is 127. The van der Waals surface area contributed by atoms with E-state index in [9.17, 15) is 19.2 Å². The number of nitrogens with one attached hydrogen (secondary N) is 2. The zero-order chi connectivity index (χ0) is 26.0. The summed E-state index contributed by atoms with van der Waals surface area (Å²) in [5, 5.41) is 9.74. The zero-order valence-corrected chi connectivity index (χ0v) is 23.1. The van der Waals surface area contributed by atoms with E-state index in [1.165, 1.54) is 23.0 Å². The van der Waals surface area contributed by atoms with E-state index in [-0.39, 0.29) is 43.5 Å². The average Bonchev–Trinajstić information content (AvgIpc) is 3.49. The molecule has 0 spiro atoms. The molecular weight excluding hydrogens is 571 g/mol. The molecular formula is C23H37IN4O7. The number of carbonyl (C=O) groups excluding carboxylic acids is 4. The first-order valence-electron chi connectivity index (χ1n) is 12.1. The molecule has 0 bridgehead atoms. The van der Waals surface area contributed by atoms with Gasteiger partial charge in [-0.15, -0.1) is 0 Å². The van der Waals surface area contributed by atoms with Gasteiger partial charge in [-0.2, -0.15) is 0 Å². The van der Waals surface area contributed by atoms with Gasteiger partial charge in [-0.05, 0) is 32.1 Å². The summed E-state index contributed by atoms with van der Waals surface area (Å²) in [6.45, 7) is 9.55. The van der Waals surface area contributed by atoms with Gasteiger partial charge in [0.25, 0.3) is 5.91 Å². The molecule has 3 atom stereocenters. The van der Waals surface area contributed by atoms with Crippen molar-refractivity contribution in [1.82, 2.24) is 15.5 Å². The van der Waals surface area contributed by atoms with Crippen molar-refractivity contribution in [2.45, 2.75) is 83.9 Å². The summed E-state index contributed by atoms with van der Waals surface area (Å²) < 4.78 is 10.1. The van der Waals surface area contributed by atoms with Crippen molar-refractivity contribution in [1.29, 1.82) is 0 Å². The second-order valence-corrected chi connectivity index (χ2v) is 9.96. The predicted octanol–water partition coefficient (Wildman–Crippen LogP) is 1.87. The van der Waals surface area contributed by atoms with Gasteiger partial charge in [-0.1, -0.05) is 25.9 Å². The molecule has 198 valence electrons. The Labute approximate surface area is 220 Å². The highest BCUT2D eigenvalue weighted by molar-refractivity contribution is 14.1. The fourth-order valence-electron chi connectivity index (χ4n) is 4.00. The number of hydrogen-bond acceptors (Lipinski definition) is 9. The van der Waals surface area contributed by atoms with E-state index in [4.69, 9.17) is 9.57 Å². The molecule has 1 saturated heterocycles. The van der Waals surface area contributed by atoms with Crippen LogP contribution in [0.1, 0.15) is 66.2 Å². The van der Waals surface area contributed by atoms with Crippen LogP contribution in [0.5, 0.6) is 0 Å². The summed E-state index contributed by atoms with van der Waals surface area (Å²) in [4.78, 5) is 56.9. The molecule has 1 unspecified atom stereocenters. The Kier molecular flexibility index (Phi) is 11.8. The maximum atomic E-state index is 13.0. The Hall–Kier alpha value is -1.80. The van der Waals surface area contributed by atoms with Crippen molar-refractivity contribution in [2.24, 2.45) is 11.1 Å². The number of amides is 2. The fourth-order valence-corrected chi connectivity index (χ4v) is 4.22. The Balaban J connectivity index is 1.88. The number of carbonyl (C=O) groups is 4. The van der Waals surface area contributed by atoms with E-state index in [1.807, 2.05) is 20.8 Å². The molecule has 12 heteroatoms. The third-order valence-corrected chi connectivity index (χ3v) is 6.66. The number of likely N-dealkylation sites (tertiary alicyclic amines) is 1. The van der Waals surface area contributed by atoms with Crippen molar-refractivity contribution in [3.63, 3.8) is 0 Å². The number of Topliss-reactive ketones (excluding diaryl/α,β-unsaturated/α-hetero) is 1. The summed E-state index contributed by atoms with van der Waals surface area (Å²) in [6.07, 6.45) is 2.82. The topological polar surface area (TPSA) is 136 Å². The largest absolute Gasteiger partial charge is 0.394 e. The molecule has 0 saturated carbocycles. The van der Waals surface area contributed by atoms with Crippen molar-refractivity contribution in [3.05, 3.63) is 0 Å². The molecule has 2 rings (SSSR count). The number of halogens is 1. The summed E-state index contributed by atoms with van der Waals surface area (Å²) in [7, 11) is 0. The molecule has 2 aliphatic rings. The Bertz CT molecular complexity index is 801. The average molecular weight is 608 g/mol. The lowest BCUT2D eigenvalue weighted by molar-refractivity contribution is -0.144. The molecule has 2 heterocycles. The van der Waals surface area contributed by atoms with E-state index in [2.05, 4.69) is 23.8 Å². The minimum absolute atomic E-state index is 0.0168. The number of hydrogen-bond donors (Lipinski definition) is 2. The lowest BCUT2D eigenvalue weighted by atomic mass is 9.90. The van der Waals surface area contributed by atoms with Gasteiger partial charge in [0.2, 0.25) is 11.5 Å². The normalized spacial score (nSPS) is 21.7. The van der Waals surface area contributed by atoms with Crippen LogP contribution in [0.25, 0.3) is 0 Å². The van der Waals surface area contributed by atoms with Gasteiger partial charge in [0.15, 0.2) is 28.8 Å². The number of ether oxygens (including phenoxy) is 1. The van der Waals surface area contributed by atoms with Crippen LogP contribution in [-0.2, 0) is 31.8 Å². The van der Waals surface area contributed by atoms with Crippen molar-refractivity contribution in [3.8, 4) is 0 Å². The highest BCUT2D eigenvalue weighted by Gasteiger charge is 2.45. The smallest absolute Gasteiger partial charge is 0.315 e. The van der Waals surface area contributed by atoms with Crippen LogP contribution in [0.2, 0.25) is 0 Å². The van der Waals surface area contributed by atoms with Gasteiger partial charge in [0, 0.05) is 25.9 Å². The first-order valence-corrected chi connectivity index (χ1v) is 13.0. The Morgan fingerprint density at radius 1 is 1.17 bits per heavy atom. The van der Waals surface area contributed by atoms with Crippen LogP contribution in [0.4, 0.5) is 0 Å². The van der Waals surface area contributed by atoms with Crippen molar-refractivity contribution in [2.75, 3.05) is 26.4 Å². The fraction of sp³-hybridized carbons (Fsp3) is 0.783. The molecule has 0 aliphatic carbocycles. The number of oxime groups is 1. The highest BCUT2D eigenvalue weighted by Crippen LogP contribution is 2.27. The molecule has 0 aromatic rings. The first-order chi connectivity index (χ1) is 16.6. The van der Waals surface area contributed by atoms with Crippen LogP contribution in [-0.4, -0.2) is 78.3 Å². The summed E-state index contributed by atoms with van der Waals surface area (Å²) in [6, 6.07) is -1.15. The molecule has 0 aromatic carbocycles. The molecule has 2 aliphatic heterocycles. The Morgan fingerprint density at radius 3 is 2.46 bits per heavy atom. The SMILES string of the molecule is CC[C@H](NC(=O)C1(C)CC([C@@H](NC(=O)CCC(=O)OI)C(C)C)=NO1)C(=O)COCN1CCCC1. The monoisotopic (exact) mass is 608 g/mol. The summed E-state index contributed by atoms with van der Waals surface area (Å²) in [5.74, 6) is -1.47. The minimum atomic E-state index is -1.30. The molecule has 1 fully saturated rings. The van der Waals surface area contributed by atoms with E-state index in [0.29, 0.717) is 18.9 Å². The summed E-state index contributed by atoms with van der Waals surface area (Å²) >= 11 is 1.48. The minimum Gasteiger partial charge on any atom is -0.394 e. The molecule has 11 nitrogen and oxygen atoms in total. The molecule has 0 radical (unpaired) electrons. The van der Waals surface area contributed by atoms with Crippen LogP contribution in [0.3, 0.4) is 0 Å². The van der Waals surface area contributed by atoms with E-state index in [1.54, 1.807) is 6.92 Å². The van der Waals surface area contributed by atoms with Crippen molar-refractivity contribution >= 4 is 52.3 Å². The molecule has 2 amide bonds. The van der Waals surface area contributed by atoms with E-state index < -0.39 is 29.6 Å². The van der Waals surface area contributed by atoms with Crippen LogP contribution in [0, 0.1) is 5.92 Å². The van der Waals surface area contributed by atoms with Crippen molar-refractivity contribution < 1.29 is 31.8 Å². The van der Waals surface area contributed by atoms with Gasteiger partial charge >= 0.3 is 5.97 Å².